The fourth-order valence-corrected chi connectivity index (χ4v) is 1.53. The predicted molar refractivity (Wildman–Crippen MR) is 72.9 cm³/mol. The first-order chi connectivity index (χ1) is 9.58. The summed E-state index contributed by atoms with van der Waals surface area (Å²) < 4.78 is 0. The molecule has 0 saturated heterocycles. The van der Waals surface area contributed by atoms with Gasteiger partial charge in [0.15, 0.2) is 0 Å². The van der Waals surface area contributed by atoms with Crippen LogP contribution in [0, 0.1) is 0 Å². The number of phenols is 3. The van der Waals surface area contributed by atoms with E-state index in [1.807, 2.05) is 0 Å². The summed E-state index contributed by atoms with van der Waals surface area (Å²) in [4.78, 5) is 11.7. The van der Waals surface area contributed by atoms with Gasteiger partial charge in [-0.05, 0) is 24.3 Å². The van der Waals surface area contributed by atoms with Crippen LogP contribution in [0.3, 0.4) is 0 Å². The van der Waals surface area contributed by atoms with Gasteiger partial charge in [-0.2, -0.15) is 5.10 Å². The maximum Gasteiger partial charge on any atom is 0.275 e. The quantitative estimate of drug-likeness (QED) is 0.503. The van der Waals surface area contributed by atoms with E-state index in [0.717, 1.165) is 6.07 Å². The van der Waals surface area contributed by atoms with Crippen molar-refractivity contribution < 1.29 is 20.1 Å². The molecule has 4 N–H and O–H groups in total. The predicted octanol–water partition coefficient (Wildman–Crippen LogP) is 1.57. The van der Waals surface area contributed by atoms with Crippen LogP contribution in [0.25, 0.3) is 0 Å². The third-order valence-corrected chi connectivity index (χ3v) is 2.53. The van der Waals surface area contributed by atoms with Crippen molar-refractivity contribution in [3.05, 3.63) is 53.6 Å². The summed E-state index contributed by atoms with van der Waals surface area (Å²) in [6.07, 6.45) is 1.28. The van der Waals surface area contributed by atoms with Gasteiger partial charge in [0.05, 0.1) is 11.8 Å². The molecule has 0 aliphatic rings. The largest absolute Gasteiger partial charge is 0.508 e. The van der Waals surface area contributed by atoms with Crippen molar-refractivity contribution in [1.82, 2.24) is 5.43 Å². The van der Waals surface area contributed by atoms with Crippen LogP contribution in [0.1, 0.15) is 15.9 Å². The highest BCUT2D eigenvalue weighted by Crippen LogP contribution is 2.22. The molecule has 6 heteroatoms. The molecular weight excluding hydrogens is 260 g/mol. The average Bonchev–Trinajstić information content (AvgIpc) is 2.40. The highest BCUT2D eigenvalue weighted by molar-refractivity contribution is 5.97. The SMILES string of the molecule is O=C(N/N=C/c1ccccc1O)c1ccc(O)cc1O. The van der Waals surface area contributed by atoms with Gasteiger partial charge in [0.2, 0.25) is 0 Å². The number of amides is 1. The standard InChI is InChI=1S/C14H12N2O4/c17-10-5-6-11(13(19)7-10)14(20)16-15-8-9-3-1-2-4-12(9)18/h1-8,17-19H,(H,16,20)/b15-8+. The molecule has 0 spiro atoms. The zero-order valence-electron chi connectivity index (χ0n) is 10.3. The number of para-hydroxylation sites is 1. The van der Waals surface area contributed by atoms with Crippen molar-refractivity contribution in [2.45, 2.75) is 0 Å². The summed E-state index contributed by atoms with van der Waals surface area (Å²) in [6, 6.07) is 10.1. The molecule has 0 bridgehead atoms. The Kier molecular flexibility index (Phi) is 3.85. The van der Waals surface area contributed by atoms with Gasteiger partial charge in [-0.1, -0.05) is 12.1 Å². The Bertz CT molecular complexity index is 668. The Hall–Kier alpha value is -3.02. The fourth-order valence-electron chi connectivity index (χ4n) is 1.53. The van der Waals surface area contributed by atoms with E-state index in [2.05, 4.69) is 10.5 Å². The van der Waals surface area contributed by atoms with Crippen LogP contribution in [-0.4, -0.2) is 27.4 Å². The Labute approximate surface area is 114 Å². The fraction of sp³-hybridized carbons (Fsp3) is 0. The van der Waals surface area contributed by atoms with Crippen molar-refractivity contribution in [2.24, 2.45) is 5.10 Å². The topological polar surface area (TPSA) is 102 Å². The molecule has 2 aromatic carbocycles. The van der Waals surface area contributed by atoms with Gasteiger partial charge in [0, 0.05) is 11.6 Å². The van der Waals surface area contributed by atoms with Gasteiger partial charge in [-0.25, -0.2) is 5.43 Å². The first kappa shape index (κ1) is 13.4. The van der Waals surface area contributed by atoms with Gasteiger partial charge in [-0.15, -0.1) is 0 Å². The molecule has 0 aromatic heterocycles. The van der Waals surface area contributed by atoms with Crippen LogP contribution in [0.5, 0.6) is 17.2 Å². The van der Waals surface area contributed by atoms with Crippen LogP contribution in [-0.2, 0) is 0 Å². The van der Waals surface area contributed by atoms with E-state index < -0.39 is 5.91 Å². The first-order valence-corrected chi connectivity index (χ1v) is 5.71. The van der Waals surface area contributed by atoms with Crippen LogP contribution >= 0.6 is 0 Å². The molecular formula is C14H12N2O4. The monoisotopic (exact) mass is 272 g/mol. The van der Waals surface area contributed by atoms with Crippen molar-refractivity contribution in [3.8, 4) is 17.2 Å². The molecule has 0 radical (unpaired) electrons. The molecule has 0 unspecified atom stereocenters. The van der Waals surface area contributed by atoms with Crippen molar-refractivity contribution in [1.29, 1.82) is 0 Å². The van der Waals surface area contributed by atoms with Crippen LogP contribution < -0.4 is 5.43 Å². The lowest BCUT2D eigenvalue weighted by Gasteiger charge is -2.03. The number of hydrogen-bond donors (Lipinski definition) is 4. The average molecular weight is 272 g/mol. The van der Waals surface area contributed by atoms with Gasteiger partial charge in [0.1, 0.15) is 17.2 Å². The number of aromatic hydroxyl groups is 3. The lowest BCUT2D eigenvalue weighted by molar-refractivity contribution is 0.0952. The minimum atomic E-state index is -0.630. The Morgan fingerprint density at radius 2 is 1.80 bits per heavy atom. The number of phenolic OH excluding ortho intramolecular Hbond substituents is 3. The van der Waals surface area contributed by atoms with E-state index in [0.29, 0.717) is 5.56 Å². The zero-order chi connectivity index (χ0) is 14.5. The second kappa shape index (κ2) is 5.75. The molecule has 6 nitrogen and oxygen atoms in total. The van der Waals surface area contributed by atoms with Crippen molar-refractivity contribution in [2.75, 3.05) is 0 Å². The van der Waals surface area contributed by atoms with Crippen molar-refractivity contribution >= 4 is 12.1 Å². The summed E-state index contributed by atoms with van der Waals surface area (Å²) in [5, 5.41) is 31.8. The lowest BCUT2D eigenvalue weighted by atomic mass is 10.2. The van der Waals surface area contributed by atoms with E-state index in [1.54, 1.807) is 18.2 Å². The molecule has 1 amide bonds. The van der Waals surface area contributed by atoms with E-state index >= 15 is 0 Å². The molecule has 0 saturated carbocycles. The van der Waals surface area contributed by atoms with Crippen molar-refractivity contribution in [3.63, 3.8) is 0 Å². The molecule has 0 aliphatic heterocycles. The molecule has 20 heavy (non-hydrogen) atoms. The first-order valence-electron chi connectivity index (χ1n) is 5.71. The lowest BCUT2D eigenvalue weighted by Crippen LogP contribution is -2.17. The number of nitrogens with one attached hydrogen (secondary N) is 1. The Morgan fingerprint density at radius 3 is 2.50 bits per heavy atom. The van der Waals surface area contributed by atoms with E-state index in [-0.39, 0.29) is 22.8 Å². The van der Waals surface area contributed by atoms with Crippen LogP contribution in [0.4, 0.5) is 0 Å². The number of hydrogen-bond acceptors (Lipinski definition) is 5. The minimum Gasteiger partial charge on any atom is -0.508 e. The highest BCUT2D eigenvalue weighted by Gasteiger charge is 2.10. The highest BCUT2D eigenvalue weighted by atomic mass is 16.3. The summed E-state index contributed by atoms with van der Waals surface area (Å²) in [6.45, 7) is 0. The maximum absolute atomic E-state index is 11.7. The van der Waals surface area contributed by atoms with Crippen LogP contribution in [0.15, 0.2) is 47.6 Å². The van der Waals surface area contributed by atoms with Gasteiger partial charge >= 0.3 is 0 Å². The minimum absolute atomic E-state index is 0.0165. The molecule has 0 aliphatic carbocycles. The summed E-state index contributed by atoms with van der Waals surface area (Å²) in [5.74, 6) is -1.08. The van der Waals surface area contributed by atoms with E-state index in [1.165, 1.54) is 24.4 Å². The molecule has 0 fully saturated rings. The summed E-state index contributed by atoms with van der Waals surface area (Å²) in [5.41, 5.74) is 2.64. The molecule has 2 aromatic rings. The number of nitrogens with zero attached hydrogens (tertiary/aromatic N) is 1. The summed E-state index contributed by atoms with van der Waals surface area (Å²) >= 11 is 0. The van der Waals surface area contributed by atoms with Gasteiger partial charge in [0.25, 0.3) is 5.91 Å². The smallest absolute Gasteiger partial charge is 0.275 e. The van der Waals surface area contributed by atoms with Gasteiger partial charge < -0.3 is 15.3 Å². The Morgan fingerprint density at radius 1 is 1.05 bits per heavy atom. The maximum atomic E-state index is 11.7. The second-order valence-electron chi connectivity index (χ2n) is 3.96. The Balaban J connectivity index is 2.07. The number of hydrazone groups is 1. The molecule has 102 valence electrons. The second-order valence-corrected chi connectivity index (χ2v) is 3.96. The molecule has 0 heterocycles. The third-order valence-electron chi connectivity index (χ3n) is 2.53. The third kappa shape index (κ3) is 3.05. The zero-order valence-corrected chi connectivity index (χ0v) is 10.3. The number of carbonyl (C=O) groups excluding carboxylic acids is 1. The van der Waals surface area contributed by atoms with E-state index in [4.69, 9.17) is 5.11 Å². The molecule has 2 rings (SSSR count). The number of carbonyl (C=O) groups is 1. The van der Waals surface area contributed by atoms with E-state index in [9.17, 15) is 15.0 Å². The normalized spacial score (nSPS) is 10.6. The van der Waals surface area contributed by atoms with Gasteiger partial charge in [-0.3, -0.25) is 4.79 Å². The van der Waals surface area contributed by atoms with Crippen LogP contribution in [0.2, 0.25) is 0 Å². The summed E-state index contributed by atoms with van der Waals surface area (Å²) in [7, 11) is 0. The number of rotatable bonds is 3. The number of benzene rings is 2. The molecule has 0 atom stereocenters.